The zero-order valence-corrected chi connectivity index (χ0v) is 16.8. The highest BCUT2D eigenvalue weighted by atomic mass is 32.2. The number of esters is 1. The van der Waals surface area contributed by atoms with Gasteiger partial charge in [-0.25, -0.2) is 13.2 Å². The van der Waals surface area contributed by atoms with Crippen LogP contribution in [0.4, 0.5) is 5.69 Å². The molecule has 150 valence electrons. The first-order valence-corrected chi connectivity index (χ1v) is 10.2. The predicted molar refractivity (Wildman–Crippen MR) is 110 cm³/mol. The highest BCUT2D eigenvalue weighted by Crippen LogP contribution is 2.21. The Morgan fingerprint density at radius 2 is 1.62 bits per heavy atom. The molecular formula is C21H20N2O5S. The van der Waals surface area contributed by atoms with E-state index >= 15 is 0 Å². The standard InChI is InChI=1S/C21H20N2O5S/c1-23(14-20(24)22-18-10-7-16(8-11-18)21(25)28-2)29(26,27)19-12-9-15-5-3-4-6-17(15)13-19/h3-13H,14H2,1-2H3,(H,22,24). The van der Waals surface area contributed by atoms with E-state index in [2.05, 4.69) is 10.1 Å². The van der Waals surface area contributed by atoms with Crippen molar-refractivity contribution in [3.8, 4) is 0 Å². The second kappa shape index (κ2) is 8.42. The number of amides is 1. The Hall–Kier alpha value is -3.23. The number of rotatable bonds is 6. The number of anilines is 1. The summed E-state index contributed by atoms with van der Waals surface area (Å²) in [6.45, 7) is -0.353. The van der Waals surface area contributed by atoms with Crippen molar-refractivity contribution in [2.24, 2.45) is 0 Å². The van der Waals surface area contributed by atoms with Gasteiger partial charge in [-0.1, -0.05) is 30.3 Å². The molecule has 7 nitrogen and oxygen atoms in total. The molecule has 0 spiro atoms. The van der Waals surface area contributed by atoms with Gasteiger partial charge in [-0.3, -0.25) is 4.79 Å². The van der Waals surface area contributed by atoms with Gasteiger partial charge in [0, 0.05) is 12.7 Å². The predicted octanol–water partition coefficient (Wildman–Crippen LogP) is 2.89. The van der Waals surface area contributed by atoms with Crippen LogP contribution in [-0.2, 0) is 19.6 Å². The van der Waals surface area contributed by atoms with E-state index in [0.29, 0.717) is 11.3 Å². The second-order valence-corrected chi connectivity index (χ2v) is 8.43. The van der Waals surface area contributed by atoms with E-state index in [4.69, 9.17) is 0 Å². The van der Waals surface area contributed by atoms with Crippen LogP contribution in [-0.4, -0.2) is 45.3 Å². The maximum absolute atomic E-state index is 12.8. The summed E-state index contributed by atoms with van der Waals surface area (Å²) >= 11 is 0. The first kappa shape index (κ1) is 20.5. The molecule has 0 aliphatic heterocycles. The molecule has 1 N–H and O–H groups in total. The number of nitrogens with zero attached hydrogens (tertiary/aromatic N) is 1. The Bertz CT molecular complexity index is 1160. The average molecular weight is 412 g/mol. The molecule has 8 heteroatoms. The molecule has 0 fully saturated rings. The van der Waals surface area contributed by atoms with Crippen LogP contribution in [0.3, 0.4) is 0 Å². The number of carbonyl (C=O) groups excluding carboxylic acids is 2. The van der Waals surface area contributed by atoms with Crippen LogP contribution in [0.2, 0.25) is 0 Å². The molecular weight excluding hydrogens is 392 g/mol. The molecule has 1 amide bonds. The fourth-order valence-corrected chi connectivity index (χ4v) is 3.97. The Morgan fingerprint density at radius 1 is 0.966 bits per heavy atom. The lowest BCUT2D eigenvalue weighted by Gasteiger charge is -2.17. The van der Waals surface area contributed by atoms with Crippen molar-refractivity contribution < 1.29 is 22.7 Å². The van der Waals surface area contributed by atoms with Gasteiger partial charge in [0.2, 0.25) is 15.9 Å². The minimum atomic E-state index is -3.83. The highest BCUT2D eigenvalue weighted by molar-refractivity contribution is 7.89. The largest absolute Gasteiger partial charge is 0.465 e. The normalized spacial score (nSPS) is 11.4. The third-order valence-electron chi connectivity index (χ3n) is 4.39. The van der Waals surface area contributed by atoms with Gasteiger partial charge in [0.05, 0.1) is 24.1 Å². The maximum atomic E-state index is 12.8. The van der Waals surface area contributed by atoms with Gasteiger partial charge in [0.1, 0.15) is 0 Å². The number of likely N-dealkylation sites (N-methyl/N-ethyl adjacent to an activating group) is 1. The Balaban J connectivity index is 1.69. The molecule has 0 saturated heterocycles. The number of nitrogens with one attached hydrogen (secondary N) is 1. The molecule has 0 bridgehead atoms. The molecule has 0 aliphatic rings. The zero-order valence-electron chi connectivity index (χ0n) is 16.0. The van der Waals surface area contributed by atoms with E-state index in [0.717, 1.165) is 15.1 Å². The summed E-state index contributed by atoms with van der Waals surface area (Å²) < 4.78 is 31.2. The Labute approximate surface area is 169 Å². The van der Waals surface area contributed by atoms with Gasteiger partial charge in [0.25, 0.3) is 0 Å². The summed E-state index contributed by atoms with van der Waals surface area (Å²) in [5.41, 5.74) is 0.792. The van der Waals surface area contributed by atoms with Crippen LogP contribution in [0.15, 0.2) is 71.6 Å². The Kier molecular flexibility index (Phi) is 5.95. The van der Waals surface area contributed by atoms with Crippen LogP contribution < -0.4 is 5.32 Å². The lowest BCUT2D eigenvalue weighted by atomic mass is 10.1. The van der Waals surface area contributed by atoms with Crippen LogP contribution in [0.5, 0.6) is 0 Å². The summed E-state index contributed by atoms with van der Waals surface area (Å²) in [4.78, 5) is 23.8. The molecule has 0 saturated carbocycles. The molecule has 0 aliphatic carbocycles. The lowest BCUT2D eigenvalue weighted by molar-refractivity contribution is -0.116. The molecule has 3 rings (SSSR count). The smallest absolute Gasteiger partial charge is 0.337 e. The molecule has 3 aromatic rings. The summed E-state index contributed by atoms with van der Waals surface area (Å²) in [7, 11) is -1.19. The van der Waals surface area contributed by atoms with Gasteiger partial charge in [-0.2, -0.15) is 4.31 Å². The first-order chi connectivity index (χ1) is 13.8. The quantitative estimate of drug-likeness (QED) is 0.629. The van der Waals surface area contributed by atoms with Crippen molar-refractivity contribution in [2.75, 3.05) is 26.0 Å². The zero-order chi connectivity index (χ0) is 21.0. The van der Waals surface area contributed by atoms with Crippen molar-refractivity contribution in [1.82, 2.24) is 4.31 Å². The average Bonchev–Trinajstić information content (AvgIpc) is 2.73. The number of benzene rings is 3. The van der Waals surface area contributed by atoms with E-state index in [1.807, 2.05) is 24.3 Å². The van der Waals surface area contributed by atoms with Gasteiger partial charge in [-0.05, 0) is 47.2 Å². The lowest BCUT2D eigenvalue weighted by Crippen LogP contribution is -2.34. The van der Waals surface area contributed by atoms with Crippen LogP contribution in [0.1, 0.15) is 10.4 Å². The molecule has 3 aromatic carbocycles. The van der Waals surface area contributed by atoms with Crippen molar-refractivity contribution >= 4 is 38.4 Å². The molecule has 0 aromatic heterocycles. The Morgan fingerprint density at radius 3 is 2.28 bits per heavy atom. The van der Waals surface area contributed by atoms with Crippen LogP contribution >= 0.6 is 0 Å². The number of carbonyl (C=O) groups is 2. The van der Waals surface area contributed by atoms with Crippen LogP contribution in [0, 0.1) is 0 Å². The van der Waals surface area contributed by atoms with E-state index in [1.165, 1.54) is 32.4 Å². The highest BCUT2D eigenvalue weighted by Gasteiger charge is 2.23. The summed E-state index contributed by atoms with van der Waals surface area (Å²) in [5.74, 6) is -0.980. The van der Waals surface area contributed by atoms with Gasteiger partial charge in [0.15, 0.2) is 0 Å². The van der Waals surface area contributed by atoms with Gasteiger partial charge in [-0.15, -0.1) is 0 Å². The summed E-state index contributed by atoms with van der Waals surface area (Å²) in [6, 6.07) is 18.4. The monoisotopic (exact) mass is 412 g/mol. The van der Waals surface area contributed by atoms with Gasteiger partial charge < -0.3 is 10.1 Å². The van der Waals surface area contributed by atoms with Crippen molar-refractivity contribution in [2.45, 2.75) is 4.90 Å². The molecule has 0 atom stereocenters. The minimum absolute atomic E-state index is 0.119. The summed E-state index contributed by atoms with van der Waals surface area (Å²) in [6.07, 6.45) is 0. The fourth-order valence-electron chi connectivity index (χ4n) is 2.80. The van der Waals surface area contributed by atoms with Gasteiger partial charge >= 0.3 is 5.97 Å². The number of methoxy groups -OCH3 is 1. The third-order valence-corrected chi connectivity index (χ3v) is 6.18. The number of fused-ring (bicyclic) bond motifs is 1. The molecule has 0 heterocycles. The second-order valence-electron chi connectivity index (χ2n) is 6.39. The van der Waals surface area contributed by atoms with E-state index in [1.54, 1.807) is 24.3 Å². The molecule has 0 radical (unpaired) electrons. The van der Waals surface area contributed by atoms with E-state index in [-0.39, 0.29) is 11.4 Å². The van der Waals surface area contributed by atoms with E-state index < -0.39 is 21.9 Å². The first-order valence-electron chi connectivity index (χ1n) is 8.74. The topological polar surface area (TPSA) is 92.8 Å². The maximum Gasteiger partial charge on any atom is 0.337 e. The number of hydrogen-bond donors (Lipinski definition) is 1. The van der Waals surface area contributed by atoms with Crippen molar-refractivity contribution in [3.05, 3.63) is 72.3 Å². The third kappa shape index (κ3) is 4.61. The molecule has 0 unspecified atom stereocenters. The number of hydrogen-bond acceptors (Lipinski definition) is 5. The molecule has 29 heavy (non-hydrogen) atoms. The summed E-state index contributed by atoms with van der Waals surface area (Å²) in [5, 5.41) is 4.35. The van der Waals surface area contributed by atoms with E-state index in [9.17, 15) is 18.0 Å². The minimum Gasteiger partial charge on any atom is -0.465 e. The fraction of sp³-hybridized carbons (Fsp3) is 0.143. The van der Waals surface area contributed by atoms with Crippen LogP contribution in [0.25, 0.3) is 10.8 Å². The number of sulfonamides is 1. The van der Waals surface area contributed by atoms with Crippen molar-refractivity contribution in [1.29, 1.82) is 0 Å². The van der Waals surface area contributed by atoms with Crippen molar-refractivity contribution in [3.63, 3.8) is 0 Å². The SMILES string of the molecule is COC(=O)c1ccc(NC(=O)CN(C)S(=O)(=O)c2ccc3ccccc3c2)cc1. The number of ether oxygens (including phenoxy) is 1.